The molecule has 1 atom stereocenters. The lowest BCUT2D eigenvalue weighted by Gasteiger charge is -2.08. The molecule has 0 amide bonds. The predicted molar refractivity (Wildman–Crippen MR) is 80.0 cm³/mol. The first kappa shape index (κ1) is 14.5. The van der Waals surface area contributed by atoms with Crippen LogP contribution in [0.15, 0.2) is 11.4 Å². The summed E-state index contributed by atoms with van der Waals surface area (Å²) in [7, 11) is 0. The minimum absolute atomic E-state index is 0.244. The van der Waals surface area contributed by atoms with E-state index < -0.39 is 0 Å². The van der Waals surface area contributed by atoms with Crippen molar-refractivity contribution in [2.24, 2.45) is 0 Å². The molecule has 16 heavy (non-hydrogen) atoms. The van der Waals surface area contributed by atoms with Gasteiger partial charge in [-0.05, 0) is 46.0 Å². The maximum Gasteiger partial charge on any atom is 0.0798 e. The zero-order valence-corrected chi connectivity index (χ0v) is 12.9. The van der Waals surface area contributed by atoms with Gasteiger partial charge in [-0.15, -0.1) is 11.3 Å². The molecule has 1 unspecified atom stereocenters. The van der Waals surface area contributed by atoms with E-state index in [9.17, 15) is 5.11 Å². The van der Waals surface area contributed by atoms with E-state index >= 15 is 0 Å². The van der Waals surface area contributed by atoms with Crippen LogP contribution in [0.4, 0.5) is 0 Å². The summed E-state index contributed by atoms with van der Waals surface area (Å²) in [5, 5.41) is 12.0. The molecule has 92 valence electrons. The van der Waals surface area contributed by atoms with Crippen molar-refractivity contribution in [1.82, 2.24) is 0 Å². The molecule has 1 N–H and O–H groups in total. The van der Waals surface area contributed by atoms with Gasteiger partial charge < -0.3 is 5.11 Å². The standard InChI is InChI=1S/C13H21IOS/c1-2-3-4-5-6-7-8-12(15)11-9-13(14)16-10-11/h9-10,12,15H,2-8H2,1H3. The van der Waals surface area contributed by atoms with E-state index in [4.69, 9.17) is 0 Å². The third-order valence-electron chi connectivity index (χ3n) is 2.80. The van der Waals surface area contributed by atoms with E-state index in [-0.39, 0.29) is 6.10 Å². The molecule has 0 aromatic carbocycles. The van der Waals surface area contributed by atoms with E-state index in [1.807, 2.05) is 0 Å². The highest BCUT2D eigenvalue weighted by Gasteiger charge is 2.08. The topological polar surface area (TPSA) is 20.2 Å². The Hall–Kier alpha value is 0.390. The van der Waals surface area contributed by atoms with Gasteiger partial charge in [-0.2, -0.15) is 0 Å². The molecule has 0 aliphatic heterocycles. The van der Waals surface area contributed by atoms with Crippen LogP contribution < -0.4 is 0 Å². The van der Waals surface area contributed by atoms with Crippen molar-refractivity contribution < 1.29 is 5.11 Å². The molecule has 0 aliphatic rings. The van der Waals surface area contributed by atoms with Gasteiger partial charge in [0.25, 0.3) is 0 Å². The first-order valence-corrected chi connectivity index (χ1v) is 8.12. The smallest absolute Gasteiger partial charge is 0.0798 e. The van der Waals surface area contributed by atoms with E-state index in [1.54, 1.807) is 11.3 Å². The molecule has 3 heteroatoms. The number of thiophene rings is 1. The van der Waals surface area contributed by atoms with Crippen molar-refractivity contribution in [2.45, 2.75) is 58.0 Å². The summed E-state index contributed by atoms with van der Waals surface area (Å²) in [6.07, 6.45) is 8.41. The van der Waals surface area contributed by atoms with E-state index in [1.165, 1.54) is 35.0 Å². The molecule has 1 aromatic heterocycles. The van der Waals surface area contributed by atoms with E-state index in [0.717, 1.165) is 18.4 Å². The monoisotopic (exact) mass is 352 g/mol. The highest BCUT2D eigenvalue weighted by molar-refractivity contribution is 14.1. The van der Waals surface area contributed by atoms with Gasteiger partial charge >= 0.3 is 0 Å². The molecular formula is C13H21IOS. The third kappa shape index (κ3) is 5.64. The van der Waals surface area contributed by atoms with Crippen molar-refractivity contribution in [3.05, 3.63) is 19.9 Å². The van der Waals surface area contributed by atoms with Crippen molar-refractivity contribution in [3.63, 3.8) is 0 Å². The molecule has 0 saturated carbocycles. The average molecular weight is 352 g/mol. The van der Waals surface area contributed by atoms with Gasteiger partial charge in [0.1, 0.15) is 0 Å². The van der Waals surface area contributed by atoms with Crippen LogP contribution in [0.25, 0.3) is 0 Å². The Morgan fingerprint density at radius 1 is 1.25 bits per heavy atom. The Labute approximate surface area is 116 Å². The van der Waals surface area contributed by atoms with Crippen LogP contribution in [-0.2, 0) is 0 Å². The second kappa shape index (κ2) is 8.48. The maximum absolute atomic E-state index is 9.94. The molecule has 0 bridgehead atoms. The number of aliphatic hydroxyl groups excluding tert-OH is 1. The van der Waals surface area contributed by atoms with Crippen LogP contribution in [0.5, 0.6) is 0 Å². The summed E-state index contributed by atoms with van der Waals surface area (Å²) in [5.41, 5.74) is 1.10. The first-order valence-electron chi connectivity index (χ1n) is 6.16. The minimum Gasteiger partial charge on any atom is -0.388 e. The lowest BCUT2D eigenvalue weighted by atomic mass is 10.0. The summed E-state index contributed by atoms with van der Waals surface area (Å²) >= 11 is 4.01. The third-order valence-corrected chi connectivity index (χ3v) is 4.61. The summed E-state index contributed by atoms with van der Waals surface area (Å²) in [6.45, 7) is 2.24. The molecule has 0 radical (unpaired) electrons. The SMILES string of the molecule is CCCCCCCCC(O)c1csc(I)c1. The van der Waals surface area contributed by atoms with Crippen LogP contribution in [0.2, 0.25) is 0 Å². The predicted octanol–water partition coefficient (Wildman–Crippen LogP) is 5.14. The Balaban J connectivity index is 2.09. The van der Waals surface area contributed by atoms with Gasteiger partial charge in [0.05, 0.1) is 8.99 Å². The number of halogens is 1. The lowest BCUT2D eigenvalue weighted by molar-refractivity contribution is 0.163. The number of aliphatic hydroxyl groups is 1. The van der Waals surface area contributed by atoms with Gasteiger partial charge in [-0.25, -0.2) is 0 Å². The van der Waals surface area contributed by atoms with Gasteiger partial charge in [0, 0.05) is 0 Å². The van der Waals surface area contributed by atoms with Crippen molar-refractivity contribution in [2.75, 3.05) is 0 Å². The van der Waals surface area contributed by atoms with Crippen LogP contribution in [-0.4, -0.2) is 5.11 Å². The highest BCUT2D eigenvalue weighted by Crippen LogP contribution is 2.25. The van der Waals surface area contributed by atoms with Crippen LogP contribution in [0.3, 0.4) is 0 Å². The Bertz CT molecular complexity index is 285. The van der Waals surface area contributed by atoms with Gasteiger partial charge in [-0.3, -0.25) is 0 Å². The molecule has 1 aromatic rings. The molecule has 1 heterocycles. The van der Waals surface area contributed by atoms with E-state index in [0.29, 0.717) is 0 Å². The lowest BCUT2D eigenvalue weighted by Crippen LogP contribution is -1.95. The Morgan fingerprint density at radius 3 is 2.56 bits per heavy atom. The largest absolute Gasteiger partial charge is 0.388 e. The van der Waals surface area contributed by atoms with Crippen molar-refractivity contribution in [1.29, 1.82) is 0 Å². The van der Waals surface area contributed by atoms with Crippen LogP contribution >= 0.6 is 33.9 Å². The maximum atomic E-state index is 9.94. The van der Waals surface area contributed by atoms with Crippen molar-refractivity contribution >= 4 is 33.9 Å². The van der Waals surface area contributed by atoms with Crippen molar-refractivity contribution in [3.8, 4) is 0 Å². The minimum atomic E-state index is -0.244. The van der Waals surface area contributed by atoms with Gasteiger partial charge in [0.2, 0.25) is 0 Å². The fourth-order valence-electron chi connectivity index (χ4n) is 1.78. The molecule has 1 rings (SSSR count). The average Bonchev–Trinajstić information content (AvgIpc) is 2.70. The zero-order chi connectivity index (χ0) is 11.8. The van der Waals surface area contributed by atoms with Gasteiger partial charge in [-0.1, -0.05) is 45.4 Å². The molecule has 1 nitrogen and oxygen atoms in total. The Kier molecular flexibility index (Phi) is 7.66. The molecule has 0 spiro atoms. The second-order valence-corrected chi connectivity index (χ2v) is 7.06. The quantitative estimate of drug-likeness (QED) is 0.508. The molecule has 0 aliphatic carbocycles. The summed E-state index contributed by atoms with van der Waals surface area (Å²) in [4.78, 5) is 0. The molecular weight excluding hydrogens is 331 g/mol. The first-order chi connectivity index (χ1) is 7.74. The van der Waals surface area contributed by atoms with Crippen LogP contribution in [0, 0.1) is 2.88 Å². The second-order valence-electron chi connectivity index (χ2n) is 4.26. The fourth-order valence-corrected chi connectivity index (χ4v) is 3.20. The zero-order valence-electron chi connectivity index (χ0n) is 9.92. The van der Waals surface area contributed by atoms with E-state index in [2.05, 4.69) is 41.0 Å². The molecule has 0 saturated heterocycles. The van der Waals surface area contributed by atoms with Crippen LogP contribution in [0.1, 0.15) is 63.5 Å². The molecule has 0 fully saturated rings. The number of hydrogen-bond acceptors (Lipinski definition) is 2. The summed E-state index contributed by atoms with van der Waals surface area (Å²) < 4.78 is 1.26. The Morgan fingerprint density at radius 2 is 1.94 bits per heavy atom. The summed E-state index contributed by atoms with van der Waals surface area (Å²) in [5.74, 6) is 0. The fraction of sp³-hybridized carbons (Fsp3) is 0.692. The normalized spacial score (nSPS) is 12.9. The highest BCUT2D eigenvalue weighted by atomic mass is 127. The number of hydrogen-bond donors (Lipinski definition) is 1. The summed E-state index contributed by atoms with van der Waals surface area (Å²) in [6, 6.07) is 2.09. The number of unbranched alkanes of at least 4 members (excludes halogenated alkanes) is 5. The van der Waals surface area contributed by atoms with Gasteiger partial charge in [0.15, 0.2) is 0 Å². The number of rotatable bonds is 8.